The monoisotopic (exact) mass is 421 g/mol. The Labute approximate surface area is 161 Å². The van der Waals surface area contributed by atoms with Crippen LogP contribution in [0.25, 0.3) is 0 Å². The predicted octanol–water partition coefficient (Wildman–Crippen LogP) is 4.12. The highest BCUT2D eigenvalue weighted by molar-refractivity contribution is 9.10. The van der Waals surface area contributed by atoms with E-state index >= 15 is 0 Å². The number of amides is 1. The van der Waals surface area contributed by atoms with Crippen LogP contribution >= 0.6 is 15.9 Å². The zero-order valence-electron chi connectivity index (χ0n) is 15.0. The summed E-state index contributed by atoms with van der Waals surface area (Å²) in [5.41, 5.74) is 2.64. The molecular formula is C20H21BrFNO3. The molecule has 138 valence electrons. The fraction of sp³-hybridized carbons (Fsp3) is 0.350. The minimum atomic E-state index is -0.457. The quantitative estimate of drug-likeness (QED) is 0.744. The van der Waals surface area contributed by atoms with Gasteiger partial charge < -0.3 is 14.4 Å². The van der Waals surface area contributed by atoms with Crippen molar-refractivity contribution in [2.24, 2.45) is 0 Å². The Bertz CT molecular complexity index is 827. The van der Waals surface area contributed by atoms with Gasteiger partial charge in [0, 0.05) is 12.7 Å². The van der Waals surface area contributed by atoms with Gasteiger partial charge in [-0.2, -0.15) is 0 Å². The van der Waals surface area contributed by atoms with Crippen molar-refractivity contribution in [3.8, 4) is 5.75 Å². The first-order valence-corrected chi connectivity index (χ1v) is 9.20. The highest BCUT2D eigenvalue weighted by atomic mass is 79.9. The van der Waals surface area contributed by atoms with Crippen molar-refractivity contribution in [2.75, 3.05) is 20.2 Å². The molecule has 1 heterocycles. The zero-order chi connectivity index (χ0) is 18.8. The van der Waals surface area contributed by atoms with Gasteiger partial charge in [-0.1, -0.05) is 23.8 Å². The SMILES string of the molecule is COC1CN(C(=O)c2cc(C)ccc2C)CC1Oc1cccc(Br)c1F. The lowest BCUT2D eigenvalue weighted by Crippen LogP contribution is -2.32. The van der Waals surface area contributed by atoms with Crippen molar-refractivity contribution in [2.45, 2.75) is 26.1 Å². The third-order valence-electron chi connectivity index (χ3n) is 4.62. The number of aryl methyl sites for hydroxylation is 2. The molecule has 1 fully saturated rings. The van der Waals surface area contributed by atoms with Gasteiger partial charge in [-0.05, 0) is 53.5 Å². The Morgan fingerprint density at radius 2 is 1.92 bits per heavy atom. The number of benzene rings is 2. The van der Waals surface area contributed by atoms with Gasteiger partial charge in [0.05, 0.1) is 17.6 Å². The molecule has 0 N–H and O–H groups in total. The second-order valence-corrected chi connectivity index (χ2v) is 7.37. The van der Waals surface area contributed by atoms with Crippen LogP contribution in [-0.4, -0.2) is 43.2 Å². The molecule has 2 aromatic rings. The van der Waals surface area contributed by atoms with Crippen LogP contribution < -0.4 is 4.74 Å². The van der Waals surface area contributed by atoms with Crippen LogP contribution in [0.5, 0.6) is 5.75 Å². The van der Waals surface area contributed by atoms with E-state index < -0.39 is 11.9 Å². The number of methoxy groups -OCH3 is 1. The summed E-state index contributed by atoms with van der Waals surface area (Å²) in [6.07, 6.45) is -0.750. The van der Waals surface area contributed by atoms with Gasteiger partial charge in [0.25, 0.3) is 5.91 Å². The molecule has 3 rings (SSSR count). The van der Waals surface area contributed by atoms with Crippen LogP contribution in [0.3, 0.4) is 0 Å². The first kappa shape index (κ1) is 18.9. The lowest BCUT2D eigenvalue weighted by atomic mass is 10.0. The Kier molecular flexibility index (Phi) is 5.63. The number of carbonyl (C=O) groups excluding carboxylic acids is 1. The topological polar surface area (TPSA) is 38.8 Å². The summed E-state index contributed by atoms with van der Waals surface area (Å²) in [4.78, 5) is 14.6. The summed E-state index contributed by atoms with van der Waals surface area (Å²) in [6, 6.07) is 10.7. The number of likely N-dealkylation sites (tertiary alicyclic amines) is 1. The Hall–Kier alpha value is -1.92. The maximum Gasteiger partial charge on any atom is 0.254 e. The van der Waals surface area contributed by atoms with E-state index in [4.69, 9.17) is 9.47 Å². The minimum absolute atomic E-state index is 0.0611. The van der Waals surface area contributed by atoms with Crippen LogP contribution in [0.4, 0.5) is 4.39 Å². The summed E-state index contributed by atoms with van der Waals surface area (Å²) in [6.45, 7) is 4.63. The first-order chi connectivity index (χ1) is 12.4. The van der Waals surface area contributed by atoms with Crippen LogP contribution in [0, 0.1) is 19.7 Å². The predicted molar refractivity (Wildman–Crippen MR) is 101 cm³/mol. The van der Waals surface area contributed by atoms with E-state index in [1.165, 1.54) is 0 Å². The van der Waals surface area contributed by atoms with E-state index in [0.29, 0.717) is 23.1 Å². The second-order valence-electron chi connectivity index (χ2n) is 6.51. The second kappa shape index (κ2) is 7.76. The van der Waals surface area contributed by atoms with Crippen LogP contribution in [-0.2, 0) is 4.74 Å². The summed E-state index contributed by atoms with van der Waals surface area (Å²) in [5, 5.41) is 0. The standard InChI is InChI=1S/C20H21BrFNO3/c1-12-7-8-13(2)14(9-12)20(24)23-10-17(25-3)18(11-23)26-16-6-4-5-15(21)19(16)22/h4-9,17-18H,10-11H2,1-3H3. The molecule has 0 aromatic heterocycles. The third-order valence-corrected chi connectivity index (χ3v) is 5.24. The number of hydrogen-bond donors (Lipinski definition) is 0. The normalized spacial score (nSPS) is 19.7. The van der Waals surface area contributed by atoms with E-state index in [-0.39, 0.29) is 17.8 Å². The summed E-state index contributed by atoms with van der Waals surface area (Å²) in [7, 11) is 1.57. The van der Waals surface area contributed by atoms with E-state index in [1.807, 2.05) is 32.0 Å². The smallest absolute Gasteiger partial charge is 0.254 e. The van der Waals surface area contributed by atoms with E-state index in [0.717, 1.165) is 11.1 Å². The maximum atomic E-state index is 14.2. The molecule has 4 nitrogen and oxygen atoms in total. The minimum Gasteiger partial charge on any atom is -0.483 e. The van der Waals surface area contributed by atoms with Crippen molar-refractivity contribution < 1.29 is 18.7 Å². The molecule has 0 aliphatic carbocycles. The number of nitrogens with zero attached hydrogens (tertiary/aromatic N) is 1. The van der Waals surface area contributed by atoms with Gasteiger partial charge in [-0.25, -0.2) is 4.39 Å². The fourth-order valence-electron chi connectivity index (χ4n) is 3.12. The zero-order valence-corrected chi connectivity index (χ0v) is 16.5. The molecule has 6 heteroatoms. The van der Waals surface area contributed by atoms with Gasteiger partial charge in [0.2, 0.25) is 0 Å². The highest BCUT2D eigenvalue weighted by Crippen LogP contribution is 2.28. The summed E-state index contributed by atoms with van der Waals surface area (Å²) in [5.74, 6) is -0.372. The van der Waals surface area contributed by atoms with Crippen LogP contribution in [0.1, 0.15) is 21.5 Å². The molecule has 0 bridgehead atoms. The molecule has 0 saturated carbocycles. The molecule has 1 aliphatic rings. The van der Waals surface area contributed by atoms with E-state index in [1.54, 1.807) is 30.2 Å². The van der Waals surface area contributed by atoms with Crippen LogP contribution in [0.2, 0.25) is 0 Å². The Balaban J connectivity index is 1.79. The number of carbonyl (C=O) groups is 1. The molecule has 2 atom stereocenters. The van der Waals surface area contributed by atoms with Crippen LogP contribution in [0.15, 0.2) is 40.9 Å². The molecule has 1 saturated heterocycles. The number of rotatable bonds is 4. The third kappa shape index (κ3) is 3.76. The largest absolute Gasteiger partial charge is 0.483 e. The van der Waals surface area contributed by atoms with Gasteiger partial charge in [-0.15, -0.1) is 0 Å². The fourth-order valence-corrected chi connectivity index (χ4v) is 3.47. The first-order valence-electron chi connectivity index (χ1n) is 8.40. The molecule has 2 aromatic carbocycles. The molecule has 26 heavy (non-hydrogen) atoms. The molecule has 0 radical (unpaired) electrons. The van der Waals surface area contributed by atoms with Crippen molar-refractivity contribution in [1.29, 1.82) is 0 Å². The molecule has 1 aliphatic heterocycles. The highest BCUT2D eigenvalue weighted by Gasteiger charge is 2.38. The molecular weight excluding hydrogens is 401 g/mol. The number of ether oxygens (including phenoxy) is 2. The molecule has 2 unspecified atom stereocenters. The lowest BCUT2D eigenvalue weighted by Gasteiger charge is -2.19. The van der Waals surface area contributed by atoms with Crippen molar-refractivity contribution in [1.82, 2.24) is 4.90 Å². The number of hydrogen-bond acceptors (Lipinski definition) is 3. The summed E-state index contributed by atoms with van der Waals surface area (Å²) < 4.78 is 25.9. The average Bonchev–Trinajstić information content (AvgIpc) is 3.03. The lowest BCUT2D eigenvalue weighted by molar-refractivity contribution is 0.0322. The maximum absolute atomic E-state index is 14.2. The average molecular weight is 422 g/mol. The van der Waals surface area contributed by atoms with Gasteiger partial charge in [-0.3, -0.25) is 4.79 Å². The van der Waals surface area contributed by atoms with Crippen molar-refractivity contribution >= 4 is 21.8 Å². The summed E-state index contributed by atoms with van der Waals surface area (Å²) >= 11 is 3.16. The van der Waals surface area contributed by atoms with Gasteiger partial charge in [0.1, 0.15) is 12.2 Å². The van der Waals surface area contributed by atoms with Gasteiger partial charge in [0.15, 0.2) is 11.6 Å². The molecule has 0 spiro atoms. The van der Waals surface area contributed by atoms with Crippen molar-refractivity contribution in [3.05, 3.63) is 63.4 Å². The Morgan fingerprint density at radius 3 is 2.65 bits per heavy atom. The Morgan fingerprint density at radius 1 is 1.19 bits per heavy atom. The van der Waals surface area contributed by atoms with Gasteiger partial charge >= 0.3 is 0 Å². The molecule has 1 amide bonds. The van der Waals surface area contributed by atoms with E-state index in [9.17, 15) is 9.18 Å². The number of halogens is 2. The van der Waals surface area contributed by atoms with Crippen molar-refractivity contribution in [3.63, 3.8) is 0 Å². The van der Waals surface area contributed by atoms with E-state index in [2.05, 4.69) is 15.9 Å².